The van der Waals surface area contributed by atoms with Crippen molar-refractivity contribution in [3.63, 3.8) is 0 Å². The van der Waals surface area contributed by atoms with Crippen LogP contribution in [0.15, 0.2) is 48.5 Å². The highest BCUT2D eigenvalue weighted by Crippen LogP contribution is 2.13. The smallest absolute Gasteiger partial charge is 0.269 e. The van der Waals surface area contributed by atoms with E-state index in [1.165, 1.54) is 43.3 Å². The zero-order valence-electron chi connectivity index (χ0n) is 23.0. The van der Waals surface area contributed by atoms with Gasteiger partial charge in [0.05, 0.1) is 17.5 Å². The van der Waals surface area contributed by atoms with E-state index in [1.807, 2.05) is 0 Å². The van der Waals surface area contributed by atoms with Gasteiger partial charge in [0.2, 0.25) is 29.5 Å². The Morgan fingerprint density at radius 2 is 1.50 bits per heavy atom. The summed E-state index contributed by atoms with van der Waals surface area (Å²) in [7, 11) is 0. The average Bonchev–Trinajstić information content (AvgIpc) is 2.94. The molecule has 0 radical (unpaired) electrons. The van der Waals surface area contributed by atoms with Crippen LogP contribution in [0.1, 0.15) is 32.3 Å². The fourth-order valence-electron chi connectivity index (χ4n) is 3.84. The van der Waals surface area contributed by atoms with Crippen LogP contribution in [0.5, 0.6) is 5.75 Å². The molecule has 0 aliphatic carbocycles. The molecular weight excluding hydrogens is 550 g/mol. The van der Waals surface area contributed by atoms with Crippen molar-refractivity contribution >= 4 is 35.2 Å². The van der Waals surface area contributed by atoms with Crippen LogP contribution in [0.25, 0.3) is 0 Å². The highest BCUT2D eigenvalue weighted by Gasteiger charge is 2.25. The normalized spacial score (nSPS) is 12.7. The number of non-ortho nitro benzene ring substituents is 1. The van der Waals surface area contributed by atoms with Crippen molar-refractivity contribution in [1.82, 2.24) is 21.3 Å². The summed E-state index contributed by atoms with van der Waals surface area (Å²) in [5, 5.41) is 30.2. The SMILES string of the molecule is CC(=O)NCCCC(NC(=O)C(N)Cc1ccc(O)cc1)C(=O)NCC(=O)NC(Cc1ccc([N+](=O)[O-])cc1)C(N)=O.[2HH]. The van der Waals surface area contributed by atoms with E-state index < -0.39 is 53.2 Å². The lowest BCUT2D eigenvalue weighted by Crippen LogP contribution is -2.54. The maximum Gasteiger partial charge on any atom is 0.269 e. The molecule has 0 aliphatic heterocycles. The molecular formula is C27H37N7O8. The Hall–Kier alpha value is -5.05. The molecule has 0 saturated carbocycles. The Balaban J connectivity index is 0.00000924. The maximum absolute atomic E-state index is 12.9. The number of carbonyl (C=O) groups is 5. The minimum atomic E-state index is -1.15. The lowest BCUT2D eigenvalue weighted by Gasteiger charge is -2.21. The second kappa shape index (κ2) is 16.3. The van der Waals surface area contributed by atoms with Crippen molar-refractivity contribution in [2.24, 2.45) is 11.5 Å². The van der Waals surface area contributed by atoms with Gasteiger partial charge >= 0.3 is 0 Å². The lowest BCUT2D eigenvalue weighted by molar-refractivity contribution is -0.384. The number of nitro groups is 1. The molecule has 0 aromatic heterocycles. The van der Waals surface area contributed by atoms with Gasteiger partial charge in [-0.25, -0.2) is 0 Å². The van der Waals surface area contributed by atoms with E-state index in [4.69, 9.17) is 11.5 Å². The summed E-state index contributed by atoms with van der Waals surface area (Å²) in [6, 6.07) is 8.26. The molecule has 3 unspecified atom stereocenters. The van der Waals surface area contributed by atoms with Gasteiger partial charge in [0.1, 0.15) is 17.8 Å². The molecule has 5 amide bonds. The van der Waals surface area contributed by atoms with Crippen molar-refractivity contribution in [1.29, 1.82) is 0 Å². The number of amides is 5. The summed E-state index contributed by atoms with van der Waals surface area (Å²) in [5.74, 6) is -3.09. The third kappa shape index (κ3) is 11.6. The number of aromatic hydroxyl groups is 1. The molecule has 0 bridgehead atoms. The predicted molar refractivity (Wildman–Crippen MR) is 153 cm³/mol. The summed E-state index contributed by atoms with van der Waals surface area (Å²) in [4.78, 5) is 71.5. The van der Waals surface area contributed by atoms with Crippen molar-refractivity contribution in [2.75, 3.05) is 13.1 Å². The fraction of sp³-hybridized carbons (Fsp3) is 0.370. The fourth-order valence-corrected chi connectivity index (χ4v) is 3.84. The molecule has 15 heteroatoms. The van der Waals surface area contributed by atoms with Crippen LogP contribution in [0.3, 0.4) is 0 Å². The molecule has 15 nitrogen and oxygen atoms in total. The molecule has 2 aromatic rings. The first-order valence-corrected chi connectivity index (χ1v) is 13.0. The maximum atomic E-state index is 12.9. The molecule has 0 heterocycles. The standard InChI is InChI=1S/C27H35N7O8.H2/c1-16(35)30-12-2-3-22(33-26(39)21(28)13-17-6-10-20(36)11-7-17)27(40)31-15-24(37)32-23(25(29)38)14-18-4-8-19(9-5-18)34(41)42;/h4-11,21-23,36H,2-3,12-15,28H2,1H3,(H2,29,38)(H,30,35)(H,31,40)(H,32,37)(H,33,39);1H/i;1+1. The van der Waals surface area contributed by atoms with Crippen molar-refractivity contribution in [3.05, 3.63) is 69.8 Å². The number of nitrogens with one attached hydrogen (secondary N) is 4. The number of rotatable bonds is 16. The Kier molecular flexibility index (Phi) is 12.8. The summed E-state index contributed by atoms with van der Waals surface area (Å²) in [5.41, 5.74) is 12.5. The molecule has 3 atom stereocenters. The first-order chi connectivity index (χ1) is 19.8. The van der Waals surface area contributed by atoms with Crippen molar-refractivity contribution in [3.8, 4) is 5.75 Å². The second-order valence-electron chi connectivity index (χ2n) is 9.53. The molecule has 0 aliphatic rings. The van der Waals surface area contributed by atoms with Gasteiger partial charge < -0.3 is 37.8 Å². The number of carbonyl (C=O) groups excluding carboxylic acids is 5. The van der Waals surface area contributed by atoms with Crippen LogP contribution in [0, 0.1) is 10.1 Å². The van der Waals surface area contributed by atoms with Crippen LogP contribution in [0.4, 0.5) is 5.69 Å². The van der Waals surface area contributed by atoms with E-state index in [0.29, 0.717) is 17.5 Å². The summed E-state index contributed by atoms with van der Waals surface area (Å²) >= 11 is 0. The topological polar surface area (TPSA) is 249 Å². The highest BCUT2D eigenvalue weighted by atomic mass is 16.6. The number of nitrogens with zero attached hydrogens (tertiary/aromatic N) is 1. The van der Waals surface area contributed by atoms with E-state index in [0.717, 1.165) is 0 Å². The number of nitrogens with two attached hydrogens (primary N) is 2. The summed E-state index contributed by atoms with van der Waals surface area (Å²) in [6.45, 7) is 1.05. The van der Waals surface area contributed by atoms with E-state index >= 15 is 0 Å². The van der Waals surface area contributed by atoms with Gasteiger partial charge in [-0.3, -0.25) is 34.1 Å². The van der Waals surface area contributed by atoms with E-state index in [2.05, 4.69) is 21.3 Å². The van der Waals surface area contributed by atoms with Crippen LogP contribution in [-0.2, 0) is 36.8 Å². The van der Waals surface area contributed by atoms with Gasteiger partial charge in [-0.2, -0.15) is 0 Å². The van der Waals surface area contributed by atoms with Gasteiger partial charge in [-0.05, 0) is 42.5 Å². The predicted octanol–water partition coefficient (Wildman–Crippen LogP) is -0.854. The van der Waals surface area contributed by atoms with E-state index in [9.17, 15) is 39.2 Å². The Morgan fingerprint density at radius 1 is 0.905 bits per heavy atom. The Morgan fingerprint density at radius 3 is 2.07 bits per heavy atom. The largest absolute Gasteiger partial charge is 0.508 e. The van der Waals surface area contributed by atoms with Gasteiger partial charge in [0, 0.05) is 33.4 Å². The lowest BCUT2D eigenvalue weighted by atomic mass is 10.0. The average molecular weight is 589 g/mol. The van der Waals surface area contributed by atoms with Crippen LogP contribution >= 0.6 is 0 Å². The van der Waals surface area contributed by atoms with Gasteiger partial charge in [0.15, 0.2) is 0 Å². The number of primary amides is 1. The Labute approximate surface area is 243 Å². The van der Waals surface area contributed by atoms with Crippen LogP contribution in [0.2, 0.25) is 0 Å². The number of nitro benzene ring substituents is 1. The van der Waals surface area contributed by atoms with Gasteiger partial charge in [-0.1, -0.05) is 24.3 Å². The number of hydrogen-bond donors (Lipinski definition) is 7. The van der Waals surface area contributed by atoms with Crippen LogP contribution < -0.4 is 32.7 Å². The molecule has 9 N–H and O–H groups in total. The molecule has 0 fully saturated rings. The molecule has 2 rings (SSSR count). The quantitative estimate of drug-likeness (QED) is 0.0731. The van der Waals surface area contributed by atoms with Crippen molar-refractivity contribution < 1.29 is 35.4 Å². The van der Waals surface area contributed by atoms with Gasteiger partial charge in [-0.15, -0.1) is 0 Å². The number of benzene rings is 2. The minimum absolute atomic E-state index is 0. The first kappa shape index (κ1) is 33.2. The molecule has 0 spiro atoms. The molecule has 0 saturated heterocycles. The Bertz CT molecular complexity index is 1280. The van der Waals surface area contributed by atoms with E-state index in [-0.39, 0.29) is 44.6 Å². The molecule has 42 heavy (non-hydrogen) atoms. The number of phenolic OH excluding ortho intramolecular Hbond substituents is 1. The summed E-state index contributed by atoms with van der Waals surface area (Å²) in [6.07, 6.45) is 0.553. The minimum Gasteiger partial charge on any atom is -0.508 e. The zero-order chi connectivity index (χ0) is 31.2. The zero-order valence-corrected chi connectivity index (χ0v) is 23.0. The third-order valence-corrected chi connectivity index (χ3v) is 6.09. The van der Waals surface area contributed by atoms with Crippen LogP contribution in [-0.4, -0.2) is 70.8 Å². The first-order valence-electron chi connectivity index (χ1n) is 13.0. The number of hydrogen-bond acceptors (Lipinski definition) is 9. The number of phenols is 1. The molecule has 228 valence electrons. The highest BCUT2D eigenvalue weighted by molar-refractivity contribution is 5.93. The monoisotopic (exact) mass is 588 g/mol. The summed E-state index contributed by atoms with van der Waals surface area (Å²) < 4.78 is 0. The van der Waals surface area contributed by atoms with E-state index in [1.54, 1.807) is 12.1 Å². The third-order valence-electron chi connectivity index (χ3n) is 6.09. The van der Waals surface area contributed by atoms with Crippen molar-refractivity contribution in [2.45, 2.75) is 50.7 Å². The molecule has 2 aromatic carbocycles. The van der Waals surface area contributed by atoms with Gasteiger partial charge in [0.25, 0.3) is 5.69 Å². The second-order valence-corrected chi connectivity index (χ2v) is 9.53.